The summed E-state index contributed by atoms with van der Waals surface area (Å²) in [5.74, 6) is 1.45. The number of aryl methyl sites for hydroxylation is 1. The van der Waals surface area contributed by atoms with Gasteiger partial charge in [0.2, 0.25) is 0 Å². The molecular weight excluding hydrogens is 274 g/mol. The summed E-state index contributed by atoms with van der Waals surface area (Å²) >= 11 is 6.05. The van der Waals surface area contributed by atoms with E-state index in [4.69, 9.17) is 26.8 Å². The van der Waals surface area contributed by atoms with Crippen LogP contribution in [0.4, 0.5) is 0 Å². The first kappa shape index (κ1) is 14.7. The van der Waals surface area contributed by atoms with E-state index in [2.05, 4.69) is 0 Å². The molecule has 2 aromatic rings. The van der Waals surface area contributed by atoms with Crippen LogP contribution >= 0.6 is 11.6 Å². The molecule has 20 heavy (non-hydrogen) atoms. The summed E-state index contributed by atoms with van der Waals surface area (Å²) in [7, 11) is 3.25. The maximum absolute atomic E-state index is 6.34. The van der Waals surface area contributed by atoms with Crippen molar-refractivity contribution in [3.63, 3.8) is 0 Å². The van der Waals surface area contributed by atoms with Crippen molar-refractivity contribution < 1.29 is 9.47 Å². The second-order valence-electron chi connectivity index (χ2n) is 4.59. The van der Waals surface area contributed by atoms with Crippen molar-refractivity contribution in [2.45, 2.75) is 13.0 Å². The molecule has 0 saturated heterocycles. The van der Waals surface area contributed by atoms with Crippen LogP contribution in [0.15, 0.2) is 36.4 Å². The van der Waals surface area contributed by atoms with Gasteiger partial charge in [-0.25, -0.2) is 0 Å². The summed E-state index contributed by atoms with van der Waals surface area (Å²) < 4.78 is 10.6. The van der Waals surface area contributed by atoms with Gasteiger partial charge in [0.1, 0.15) is 11.5 Å². The summed E-state index contributed by atoms with van der Waals surface area (Å²) in [5.41, 5.74) is 9.25. The van der Waals surface area contributed by atoms with E-state index in [1.165, 1.54) is 0 Å². The van der Waals surface area contributed by atoms with Crippen molar-refractivity contribution in [2.75, 3.05) is 14.2 Å². The Morgan fingerprint density at radius 1 is 1.05 bits per heavy atom. The lowest BCUT2D eigenvalue weighted by atomic mass is 9.97. The van der Waals surface area contributed by atoms with Crippen molar-refractivity contribution in [1.82, 2.24) is 0 Å². The minimum atomic E-state index is -0.271. The average molecular weight is 292 g/mol. The molecule has 0 amide bonds. The standard InChI is InChI=1S/C16H18ClNO2/c1-10-8-11(4-7-14(10)17)16(18)13-6-5-12(19-2)9-15(13)20-3/h4-9,16H,18H2,1-3H3. The van der Waals surface area contributed by atoms with Crippen LogP contribution in [0.3, 0.4) is 0 Å². The van der Waals surface area contributed by atoms with Gasteiger partial charge < -0.3 is 15.2 Å². The predicted molar refractivity (Wildman–Crippen MR) is 81.8 cm³/mol. The van der Waals surface area contributed by atoms with E-state index in [1.54, 1.807) is 14.2 Å². The molecular formula is C16H18ClNO2. The molecule has 2 aromatic carbocycles. The van der Waals surface area contributed by atoms with Crippen LogP contribution in [0.1, 0.15) is 22.7 Å². The Morgan fingerprint density at radius 3 is 2.40 bits per heavy atom. The van der Waals surface area contributed by atoms with Crippen molar-refractivity contribution in [3.8, 4) is 11.5 Å². The molecule has 0 spiro atoms. The van der Waals surface area contributed by atoms with Crippen LogP contribution in [0.5, 0.6) is 11.5 Å². The van der Waals surface area contributed by atoms with E-state index in [9.17, 15) is 0 Å². The number of ether oxygens (including phenoxy) is 2. The molecule has 4 heteroatoms. The molecule has 0 fully saturated rings. The van der Waals surface area contributed by atoms with Crippen molar-refractivity contribution in [2.24, 2.45) is 5.73 Å². The molecule has 2 rings (SSSR count). The third-order valence-electron chi connectivity index (χ3n) is 3.32. The first-order valence-corrected chi connectivity index (χ1v) is 6.68. The van der Waals surface area contributed by atoms with Crippen LogP contribution in [0.25, 0.3) is 0 Å². The van der Waals surface area contributed by atoms with Crippen LogP contribution < -0.4 is 15.2 Å². The maximum atomic E-state index is 6.34. The third-order valence-corrected chi connectivity index (χ3v) is 3.74. The zero-order valence-corrected chi connectivity index (χ0v) is 12.6. The van der Waals surface area contributed by atoms with E-state index >= 15 is 0 Å². The zero-order valence-electron chi connectivity index (χ0n) is 11.8. The highest BCUT2D eigenvalue weighted by atomic mass is 35.5. The highest BCUT2D eigenvalue weighted by Crippen LogP contribution is 2.32. The number of halogens is 1. The van der Waals surface area contributed by atoms with Crippen LogP contribution in [0.2, 0.25) is 5.02 Å². The average Bonchev–Trinajstić information content (AvgIpc) is 2.48. The number of hydrogen-bond donors (Lipinski definition) is 1. The largest absolute Gasteiger partial charge is 0.497 e. The second kappa shape index (κ2) is 6.16. The van der Waals surface area contributed by atoms with Gasteiger partial charge in [0.25, 0.3) is 0 Å². The predicted octanol–water partition coefficient (Wildman–Crippen LogP) is 3.71. The van der Waals surface area contributed by atoms with Gasteiger partial charge in [-0.15, -0.1) is 0 Å². The Balaban J connectivity index is 2.41. The molecule has 0 saturated carbocycles. The molecule has 1 atom stereocenters. The molecule has 0 bridgehead atoms. The van der Waals surface area contributed by atoms with Gasteiger partial charge >= 0.3 is 0 Å². The number of nitrogens with two attached hydrogens (primary N) is 1. The van der Waals surface area contributed by atoms with Crippen LogP contribution in [0, 0.1) is 6.92 Å². The van der Waals surface area contributed by atoms with Gasteiger partial charge in [-0.1, -0.05) is 23.7 Å². The molecule has 3 nitrogen and oxygen atoms in total. The van der Waals surface area contributed by atoms with Gasteiger partial charge in [0.05, 0.1) is 20.3 Å². The molecule has 0 aliphatic heterocycles. The Morgan fingerprint density at radius 2 is 1.80 bits per heavy atom. The molecule has 0 aromatic heterocycles. The van der Waals surface area contributed by atoms with Gasteiger partial charge in [-0.3, -0.25) is 0 Å². The highest BCUT2D eigenvalue weighted by molar-refractivity contribution is 6.31. The van der Waals surface area contributed by atoms with Gasteiger partial charge in [-0.2, -0.15) is 0 Å². The van der Waals surface area contributed by atoms with Gasteiger partial charge in [-0.05, 0) is 36.2 Å². The number of methoxy groups -OCH3 is 2. The second-order valence-corrected chi connectivity index (χ2v) is 5.00. The van der Waals surface area contributed by atoms with E-state index in [0.29, 0.717) is 5.75 Å². The third kappa shape index (κ3) is 2.89. The SMILES string of the molecule is COc1ccc(C(N)c2ccc(Cl)c(C)c2)c(OC)c1. The summed E-state index contributed by atoms with van der Waals surface area (Å²) in [6.45, 7) is 1.96. The lowest BCUT2D eigenvalue weighted by molar-refractivity contribution is 0.390. The molecule has 0 heterocycles. The fourth-order valence-electron chi connectivity index (χ4n) is 2.12. The topological polar surface area (TPSA) is 44.5 Å². The summed E-state index contributed by atoms with van der Waals surface area (Å²) in [6.07, 6.45) is 0. The number of benzene rings is 2. The number of rotatable bonds is 4. The van der Waals surface area contributed by atoms with Gasteiger partial charge in [0, 0.05) is 16.7 Å². The normalized spacial score (nSPS) is 12.1. The van der Waals surface area contributed by atoms with Crippen molar-refractivity contribution >= 4 is 11.6 Å². The lowest BCUT2D eigenvalue weighted by Crippen LogP contribution is -2.13. The fraction of sp³-hybridized carbons (Fsp3) is 0.250. The summed E-state index contributed by atoms with van der Waals surface area (Å²) in [6, 6.07) is 11.2. The first-order valence-electron chi connectivity index (χ1n) is 6.30. The molecule has 106 valence electrons. The Kier molecular flexibility index (Phi) is 4.53. The minimum absolute atomic E-state index is 0.271. The Labute approximate surface area is 124 Å². The van der Waals surface area contributed by atoms with Crippen LogP contribution in [-0.4, -0.2) is 14.2 Å². The monoisotopic (exact) mass is 291 g/mol. The van der Waals surface area contributed by atoms with Gasteiger partial charge in [0.15, 0.2) is 0 Å². The van der Waals surface area contributed by atoms with Crippen molar-refractivity contribution in [1.29, 1.82) is 0 Å². The zero-order chi connectivity index (χ0) is 14.7. The van der Waals surface area contributed by atoms with E-state index in [0.717, 1.165) is 27.5 Å². The molecule has 1 unspecified atom stereocenters. The highest BCUT2D eigenvalue weighted by Gasteiger charge is 2.15. The van der Waals surface area contributed by atoms with Crippen LogP contribution in [-0.2, 0) is 0 Å². The fourth-order valence-corrected chi connectivity index (χ4v) is 2.23. The summed E-state index contributed by atoms with van der Waals surface area (Å²) in [4.78, 5) is 0. The van der Waals surface area contributed by atoms with E-state index < -0.39 is 0 Å². The summed E-state index contributed by atoms with van der Waals surface area (Å²) in [5, 5.41) is 0.739. The lowest BCUT2D eigenvalue weighted by Gasteiger charge is -2.17. The van der Waals surface area contributed by atoms with E-state index in [-0.39, 0.29) is 6.04 Å². The molecule has 0 radical (unpaired) electrons. The maximum Gasteiger partial charge on any atom is 0.127 e. The number of hydrogen-bond acceptors (Lipinski definition) is 3. The first-order chi connectivity index (χ1) is 9.56. The molecule has 2 N–H and O–H groups in total. The smallest absolute Gasteiger partial charge is 0.127 e. The minimum Gasteiger partial charge on any atom is -0.497 e. The quantitative estimate of drug-likeness (QED) is 0.934. The van der Waals surface area contributed by atoms with E-state index in [1.807, 2.05) is 43.3 Å². The Hall–Kier alpha value is -1.71. The van der Waals surface area contributed by atoms with Crippen molar-refractivity contribution in [3.05, 3.63) is 58.1 Å². The molecule has 0 aliphatic rings. The Bertz CT molecular complexity index is 613. The molecule has 0 aliphatic carbocycles.